The number of nitrogen functional groups attached to an aromatic ring is 1. The van der Waals surface area contributed by atoms with E-state index in [4.69, 9.17) is 17.3 Å². The van der Waals surface area contributed by atoms with Crippen molar-refractivity contribution in [1.29, 1.82) is 0 Å². The number of anilines is 1. The maximum Gasteiger partial charge on any atom is 0.242 e. The van der Waals surface area contributed by atoms with Gasteiger partial charge in [-0.25, -0.2) is 13.1 Å². The van der Waals surface area contributed by atoms with E-state index >= 15 is 0 Å². The van der Waals surface area contributed by atoms with Crippen LogP contribution in [0.5, 0.6) is 0 Å². The van der Waals surface area contributed by atoms with Crippen LogP contribution in [0.2, 0.25) is 5.02 Å². The summed E-state index contributed by atoms with van der Waals surface area (Å²) in [4.78, 5) is 2.23. The van der Waals surface area contributed by atoms with E-state index in [0.29, 0.717) is 18.3 Å². The van der Waals surface area contributed by atoms with Crippen LogP contribution < -0.4 is 10.5 Å². The molecule has 1 saturated carbocycles. The highest BCUT2D eigenvalue weighted by Crippen LogP contribution is 2.27. The molecular weight excluding hydrogens is 298 g/mol. The van der Waals surface area contributed by atoms with E-state index in [0.717, 1.165) is 0 Å². The van der Waals surface area contributed by atoms with E-state index in [1.165, 1.54) is 25.0 Å². The van der Waals surface area contributed by atoms with Crippen molar-refractivity contribution in [2.24, 2.45) is 0 Å². The van der Waals surface area contributed by atoms with Gasteiger partial charge >= 0.3 is 0 Å². The highest BCUT2D eigenvalue weighted by Gasteiger charge is 2.29. The van der Waals surface area contributed by atoms with Crippen molar-refractivity contribution in [1.82, 2.24) is 9.62 Å². The van der Waals surface area contributed by atoms with E-state index in [1.807, 2.05) is 14.0 Å². The zero-order valence-electron chi connectivity index (χ0n) is 11.6. The first-order chi connectivity index (χ1) is 9.31. The fraction of sp³-hybridized carbons (Fsp3) is 0.538. The van der Waals surface area contributed by atoms with E-state index in [2.05, 4.69) is 9.62 Å². The zero-order valence-corrected chi connectivity index (χ0v) is 13.2. The number of sulfonamides is 1. The molecule has 3 N–H and O–H groups in total. The number of halogens is 1. The van der Waals surface area contributed by atoms with Crippen LogP contribution in [0.25, 0.3) is 0 Å². The minimum absolute atomic E-state index is 0.0282. The smallest absolute Gasteiger partial charge is 0.242 e. The van der Waals surface area contributed by atoms with Crippen LogP contribution >= 0.6 is 11.6 Å². The molecule has 112 valence electrons. The zero-order chi connectivity index (χ0) is 14.9. The summed E-state index contributed by atoms with van der Waals surface area (Å²) < 4.78 is 27.1. The van der Waals surface area contributed by atoms with Crippen molar-refractivity contribution in [3.05, 3.63) is 23.2 Å². The maximum atomic E-state index is 12.2. The Morgan fingerprint density at radius 1 is 1.50 bits per heavy atom. The second-order valence-corrected chi connectivity index (χ2v) is 7.43. The van der Waals surface area contributed by atoms with Crippen LogP contribution in [0, 0.1) is 0 Å². The summed E-state index contributed by atoms with van der Waals surface area (Å²) >= 11 is 5.93. The van der Waals surface area contributed by atoms with E-state index in [1.54, 1.807) is 6.07 Å². The first kappa shape index (κ1) is 15.6. The normalized spacial score (nSPS) is 17.4. The van der Waals surface area contributed by atoms with Gasteiger partial charge in [0.1, 0.15) is 4.90 Å². The molecule has 5 nitrogen and oxygen atoms in total. The van der Waals surface area contributed by atoms with Gasteiger partial charge in [0, 0.05) is 24.3 Å². The van der Waals surface area contributed by atoms with Gasteiger partial charge in [-0.1, -0.05) is 11.6 Å². The molecule has 1 aromatic carbocycles. The average Bonchev–Trinajstić information content (AvgIpc) is 3.22. The van der Waals surface area contributed by atoms with Crippen molar-refractivity contribution in [2.45, 2.75) is 36.7 Å². The second kappa shape index (κ2) is 5.89. The van der Waals surface area contributed by atoms with Crippen LogP contribution in [-0.2, 0) is 10.0 Å². The Bertz CT molecular complexity index is 587. The predicted molar refractivity (Wildman–Crippen MR) is 81.3 cm³/mol. The summed E-state index contributed by atoms with van der Waals surface area (Å²) in [5, 5.41) is 0.176. The Balaban J connectivity index is 2.05. The quantitative estimate of drug-likeness (QED) is 0.783. The molecule has 0 radical (unpaired) electrons. The number of hydrogen-bond acceptors (Lipinski definition) is 4. The molecule has 1 fully saturated rings. The lowest BCUT2D eigenvalue weighted by Gasteiger charge is -2.24. The third-order valence-corrected chi connectivity index (χ3v) is 5.54. The van der Waals surface area contributed by atoms with Gasteiger partial charge in [0.25, 0.3) is 0 Å². The Hall–Kier alpha value is -0.820. The third kappa shape index (κ3) is 3.63. The molecule has 0 aromatic heterocycles. The number of hydrogen-bond donors (Lipinski definition) is 2. The SMILES string of the molecule is CC(CNS(=O)(=O)c1cc(N)ccc1Cl)N(C)C1CC1. The second-order valence-electron chi connectivity index (χ2n) is 5.29. The maximum absolute atomic E-state index is 12.2. The van der Waals surface area contributed by atoms with Crippen molar-refractivity contribution < 1.29 is 8.42 Å². The number of nitrogens with one attached hydrogen (secondary N) is 1. The van der Waals surface area contributed by atoms with Crippen LogP contribution in [0.15, 0.2) is 23.1 Å². The van der Waals surface area contributed by atoms with Crippen LogP contribution in [0.4, 0.5) is 5.69 Å². The van der Waals surface area contributed by atoms with Gasteiger partial charge in [0.15, 0.2) is 0 Å². The van der Waals surface area contributed by atoms with Crippen molar-refractivity contribution >= 4 is 27.3 Å². The van der Waals surface area contributed by atoms with Crippen molar-refractivity contribution in [3.63, 3.8) is 0 Å². The van der Waals surface area contributed by atoms with Crippen molar-refractivity contribution in [2.75, 3.05) is 19.3 Å². The van der Waals surface area contributed by atoms with Crippen molar-refractivity contribution in [3.8, 4) is 0 Å². The molecule has 1 aromatic rings. The molecule has 0 saturated heterocycles. The van der Waals surface area contributed by atoms with Gasteiger partial charge in [-0.3, -0.25) is 4.90 Å². The number of benzene rings is 1. The standard InChI is InChI=1S/C13H20ClN3O2S/c1-9(17(2)11-4-5-11)8-16-20(18,19)13-7-10(15)3-6-12(13)14/h3,6-7,9,11,16H,4-5,8,15H2,1-2H3. The lowest BCUT2D eigenvalue weighted by molar-refractivity contribution is 0.248. The number of rotatable bonds is 6. The Kier molecular flexibility index (Phi) is 4.59. The molecule has 1 aliphatic carbocycles. The summed E-state index contributed by atoms with van der Waals surface area (Å²) in [7, 11) is -1.62. The molecule has 0 amide bonds. The first-order valence-electron chi connectivity index (χ1n) is 6.58. The topological polar surface area (TPSA) is 75.4 Å². The van der Waals surface area contributed by atoms with E-state index in [9.17, 15) is 8.42 Å². The lowest BCUT2D eigenvalue weighted by atomic mass is 10.3. The van der Waals surface area contributed by atoms with E-state index in [-0.39, 0.29) is 16.0 Å². The molecule has 0 bridgehead atoms. The molecular formula is C13H20ClN3O2S. The molecule has 0 spiro atoms. The highest BCUT2D eigenvalue weighted by atomic mass is 35.5. The fourth-order valence-electron chi connectivity index (χ4n) is 2.02. The fourth-order valence-corrected chi connectivity index (χ4v) is 3.67. The van der Waals surface area contributed by atoms with Crippen LogP contribution in [0.3, 0.4) is 0 Å². The third-order valence-electron chi connectivity index (χ3n) is 3.63. The molecule has 1 aliphatic rings. The minimum Gasteiger partial charge on any atom is -0.399 e. The van der Waals surface area contributed by atoms with Crippen LogP contribution in [-0.4, -0.2) is 39.0 Å². The molecule has 2 rings (SSSR count). The summed E-state index contributed by atoms with van der Waals surface area (Å²) in [5.74, 6) is 0. The number of nitrogens with two attached hydrogens (primary N) is 1. The van der Waals surface area contributed by atoms with Gasteiger partial charge in [0.05, 0.1) is 5.02 Å². The van der Waals surface area contributed by atoms with Gasteiger partial charge in [0.2, 0.25) is 10.0 Å². The van der Waals surface area contributed by atoms with Gasteiger partial charge < -0.3 is 5.73 Å². The van der Waals surface area contributed by atoms with Gasteiger partial charge in [-0.15, -0.1) is 0 Å². The highest BCUT2D eigenvalue weighted by molar-refractivity contribution is 7.89. The van der Waals surface area contributed by atoms with Gasteiger partial charge in [-0.05, 0) is 45.0 Å². The molecule has 20 heavy (non-hydrogen) atoms. The molecule has 7 heteroatoms. The Morgan fingerprint density at radius 3 is 2.75 bits per heavy atom. The summed E-state index contributed by atoms with van der Waals surface area (Å²) in [5.41, 5.74) is 5.99. The summed E-state index contributed by atoms with van der Waals surface area (Å²) in [6.45, 7) is 2.35. The average molecular weight is 318 g/mol. The summed E-state index contributed by atoms with van der Waals surface area (Å²) in [6, 6.07) is 5.17. The largest absolute Gasteiger partial charge is 0.399 e. The lowest BCUT2D eigenvalue weighted by Crippen LogP contribution is -2.41. The first-order valence-corrected chi connectivity index (χ1v) is 8.44. The number of likely N-dealkylation sites (N-methyl/N-ethyl adjacent to an activating group) is 1. The number of nitrogens with zero attached hydrogens (tertiary/aromatic N) is 1. The molecule has 0 aliphatic heterocycles. The molecule has 1 atom stereocenters. The minimum atomic E-state index is -3.64. The summed E-state index contributed by atoms with van der Waals surface area (Å²) in [6.07, 6.45) is 2.38. The predicted octanol–water partition coefficient (Wildman–Crippen LogP) is 1.68. The molecule has 0 heterocycles. The van der Waals surface area contributed by atoms with Gasteiger partial charge in [-0.2, -0.15) is 0 Å². The Labute approximate surface area is 125 Å². The van der Waals surface area contributed by atoms with Crippen LogP contribution in [0.1, 0.15) is 19.8 Å². The Morgan fingerprint density at radius 2 is 2.15 bits per heavy atom. The molecule has 1 unspecified atom stereocenters. The monoisotopic (exact) mass is 317 g/mol. The van der Waals surface area contributed by atoms with E-state index < -0.39 is 10.0 Å².